The molecule has 2 rings (SSSR count). The predicted octanol–water partition coefficient (Wildman–Crippen LogP) is 2.60. The molecule has 0 amide bonds. The van der Waals surface area contributed by atoms with Crippen molar-refractivity contribution < 1.29 is 42.2 Å². The van der Waals surface area contributed by atoms with Gasteiger partial charge >= 0.3 is 0 Å². The van der Waals surface area contributed by atoms with Crippen molar-refractivity contribution in [1.29, 1.82) is 0 Å². The first-order valence-corrected chi connectivity index (χ1v) is 6.42. The first kappa shape index (κ1) is 17.6. The maximum atomic E-state index is 11.8. The van der Waals surface area contributed by atoms with Crippen molar-refractivity contribution in [2.45, 2.75) is 0 Å². The third-order valence-corrected chi connectivity index (χ3v) is 3.22. The maximum absolute atomic E-state index is 11.8. The van der Waals surface area contributed by atoms with Gasteiger partial charge in [0.25, 0.3) is 0 Å². The quantitative estimate of drug-likeness (QED) is 0.573. The number of ether oxygens (including phenoxy) is 2. The van der Waals surface area contributed by atoms with Gasteiger partial charge in [0.1, 0.15) is 5.75 Å². The van der Waals surface area contributed by atoms with Crippen molar-refractivity contribution in [1.82, 2.24) is 4.57 Å². The molecule has 0 unspecified atom stereocenters. The molecular weight excluding hydrogens is 399 g/mol. The van der Waals surface area contributed by atoms with E-state index >= 15 is 0 Å². The molecule has 1 heterocycles. The summed E-state index contributed by atoms with van der Waals surface area (Å²) in [7, 11) is 3.29. The molecule has 0 N–H and O–H groups in total. The molecule has 0 saturated heterocycles. The van der Waals surface area contributed by atoms with Gasteiger partial charge in [-0.3, -0.25) is 4.79 Å². The molecule has 0 aliphatic carbocycles. The van der Waals surface area contributed by atoms with Crippen LogP contribution in [0.1, 0.15) is 0 Å². The smallest absolute Gasteiger partial charge is 0.208 e. The fraction of sp³-hybridized carbons (Fsp3) is 0.214. The summed E-state index contributed by atoms with van der Waals surface area (Å²) < 4.78 is 12.2. The molecule has 4 nitrogen and oxygen atoms in total. The summed E-state index contributed by atoms with van der Waals surface area (Å²) in [5.74, 6) is 0.715. The Morgan fingerprint density at radius 2 is 1.95 bits per heavy atom. The van der Waals surface area contributed by atoms with Crippen LogP contribution in [0.3, 0.4) is 0 Å². The van der Waals surface area contributed by atoms with Crippen LogP contribution in [0.25, 0.3) is 11.3 Å². The van der Waals surface area contributed by atoms with Gasteiger partial charge in [-0.25, -0.2) is 0 Å². The van der Waals surface area contributed by atoms with E-state index in [1.165, 1.54) is 0 Å². The number of aromatic nitrogens is 1. The minimum absolute atomic E-state index is 0. The molecule has 0 bridgehead atoms. The monoisotopic (exact) mass is 411 g/mol. The summed E-state index contributed by atoms with van der Waals surface area (Å²) >= 11 is 3.19. The second-order valence-electron chi connectivity index (χ2n) is 3.92. The Kier molecular flexibility index (Phi) is 7.09. The van der Waals surface area contributed by atoms with Gasteiger partial charge in [-0.1, -0.05) is 11.3 Å². The van der Waals surface area contributed by atoms with Crippen molar-refractivity contribution >= 4 is 15.9 Å². The van der Waals surface area contributed by atoms with E-state index in [1.54, 1.807) is 24.8 Å². The number of methoxy groups -OCH3 is 1. The van der Waals surface area contributed by atoms with Crippen LogP contribution >= 0.6 is 15.9 Å². The standard InChI is InChI=1S/C14H13BrNO3.Y/c1-16-13(8-7-12(15)14(16)17)10-3-5-11(6-4-10)19-9-18-2;/h3-7H,9H2,1-2H3;/q-1;. The van der Waals surface area contributed by atoms with Crippen LogP contribution in [0.15, 0.2) is 39.6 Å². The molecule has 0 aliphatic rings. The second kappa shape index (κ2) is 8.08. The average molecular weight is 412 g/mol. The van der Waals surface area contributed by atoms with Crippen molar-refractivity contribution in [3.8, 4) is 17.0 Å². The molecule has 0 atom stereocenters. The molecule has 0 spiro atoms. The van der Waals surface area contributed by atoms with Crippen LogP contribution in [0.2, 0.25) is 0 Å². The van der Waals surface area contributed by atoms with Gasteiger partial charge in [0.15, 0.2) is 6.79 Å². The topological polar surface area (TPSA) is 40.5 Å². The van der Waals surface area contributed by atoms with Crippen LogP contribution < -0.4 is 10.3 Å². The van der Waals surface area contributed by atoms with Crippen molar-refractivity contribution in [2.75, 3.05) is 13.9 Å². The Bertz CT molecular complexity index is 625. The van der Waals surface area contributed by atoms with Crippen molar-refractivity contribution in [2.24, 2.45) is 7.05 Å². The first-order valence-electron chi connectivity index (χ1n) is 5.63. The number of rotatable bonds is 4. The zero-order chi connectivity index (χ0) is 13.8. The Hall–Kier alpha value is -0.486. The zero-order valence-electron chi connectivity index (χ0n) is 11.2. The van der Waals surface area contributed by atoms with Gasteiger partial charge in [-0.05, 0) is 16.6 Å². The van der Waals surface area contributed by atoms with E-state index in [9.17, 15) is 4.79 Å². The minimum atomic E-state index is -0.0894. The molecule has 1 aromatic heterocycles. The number of hydrogen-bond donors (Lipinski definition) is 0. The van der Waals surface area contributed by atoms with Crippen LogP contribution in [-0.4, -0.2) is 18.5 Å². The van der Waals surface area contributed by atoms with Crippen molar-refractivity contribution in [3.63, 3.8) is 0 Å². The van der Waals surface area contributed by atoms with Gasteiger partial charge in [-0.15, -0.1) is 28.1 Å². The molecule has 1 radical (unpaired) electrons. The Labute approximate surface area is 151 Å². The average Bonchev–Trinajstić information content (AvgIpc) is 2.44. The number of benzene rings is 1. The SMILES string of the molecule is COCOc1ccc(-c2[c-]cc(Br)c(=O)n2C)cc1.[Y]. The Balaban J connectivity index is 0.00000200. The summed E-state index contributed by atoms with van der Waals surface area (Å²) in [6, 6.07) is 12.1. The minimum Gasteiger partial charge on any atom is -0.468 e. The van der Waals surface area contributed by atoms with E-state index in [2.05, 4.69) is 22.0 Å². The second-order valence-corrected chi connectivity index (χ2v) is 4.78. The molecule has 0 saturated carbocycles. The van der Waals surface area contributed by atoms with E-state index in [4.69, 9.17) is 9.47 Å². The zero-order valence-corrected chi connectivity index (χ0v) is 15.6. The number of nitrogens with zero attached hydrogens (tertiary/aromatic N) is 1. The molecular formula is C14H13BrNO3Y-. The Morgan fingerprint density at radius 3 is 2.55 bits per heavy atom. The fourth-order valence-electron chi connectivity index (χ4n) is 1.67. The third kappa shape index (κ3) is 4.01. The molecule has 20 heavy (non-hydrogen) atoms. The third-order valence-electron chi connectivity index (χ3n) is 2.65. The van der Waals surface area contributed by atoms with Crippen LogP contribution in [0, 0.1) is 6.07 Å². The molecule has 6 heteroatoms. The van der Waals surface area contributed by atoms with E-state index in [1.807, 2.05) is 24.3 Å². The largest absolute Gasteiger partial charge is 0.468 e. The molecule has 2 aromatic rings. The van der Waals surface area contributed by atoms with E-state index in [-0.39, 0.29) is 45.1 Å². The van der Waals surface area contributed by atoms with E-state index in [0.29, 0.717) is 10.2 Å². The Morgan fingerprint density at radius 1 is 1.30 bits per heavy atom. The van der Waals surface area contributed by atoms with Crippen LogP contribution in [-0.2, 0) is 44.5 Å². The predicted molar refractivity (Wildman–Crippen MR) is 76.2 cm³/mol. The van der Waals surface area contributed by atoms with Gasteiger partial charge in [-0.2, -0.15) is 12.1 Å². The van der Waals surface area contributed by atoms with E-state index in [0.717, 1.165) is 11.3 Å². The summed E-state index contributed by atoms with van der Waals surface area (Å²) in [5, 5.41) is 0. The van der Waals surface area contributed by atoms with Gasteiger partial charge in [0.2, 0.25) is 5.56 Å². The first-order chi connectivity index (χ1) is 9.13. The number of halogens is 1. The molecule has 103 valence electrons. The number of hydrogen-bond acceptors (Lipinski definition) is 3. The number of pyridine rings is 1. The van der Waals surface area contributed by atoms with Crippen LogP contribution in [0.5, 0.6) is 5.75 Å². The van der Waals surface area contributed by atoms with Crippen LogP contribution in [0.4, 0.5) is 0 Å². The van der Waals surface area contributed by atoms with Gasteiger partial charge in [0, 0.05) is 46.9 Å². The summed E-state index contributed by atoms with van der Waals surface area (Å²) in [6.45, 7) is 0.211. The fourth-order valence-corrected chi connectivity index (χ4v) is 2.05. The molecule has 0 fully saturated rings. The van der Waals surface area contributed by atoms with Gasteiger partial charge < -0.3 is 14.0 Å². The van der Waals surface area contributed by atoms with E-state index < -0.39 is 0 Å². The molecule has 1 aromatic carbocycles. The summed E-state index contributed by atoms with van der Waals surface area (Å²) in [5.41, 5.74) is 1.54. The van der Waals surface area contributed by atoms with Gasteiger partial charge in [0.05, 0.1) is 0 Å². The summed E-state index contributed by atoms with van der Waals surface area (Å²) in [4.78, 5) is 11.8. The normalized spacial score (nSPS) is 9.95. The maximum Gasteiger partial charge on any atom is 0.208 e. The van der Waals surface area contributed by atoms with Crippen molar-refractivity contribution in [3.05, 3.63) is 51.2 Å². The molecule has 0 aliphatic heterocycles. The summed E-state index contributed by atoms with van der Waals surface area (Å²) in [6.07, 6.45) is 0.